The van der Waals surface area contributed by atoms with Crippen LogP contribution in [0.2, 0.25) is 19.6 Å². The van der Waals surface area contributed by atoms with E-state index in [1.807, 2.05) is 19.5 Å². The lowest BCUT2D eigenvalue weighted by molar-refractivity contribution is -0.120. The molecule has 1 amide bonds. The number of rotatable bonds is 4. The van der Waals surface area contributed by atoms with Crippen LogP contribution in [0, 0.1) is 0 Å². The molecule has 0 aromatic carbocycles. The molecule has 3 nitrogen and oxygen atoms in total. The minimum atomic E-state index is -1.40. The zero-order valence-electron chi connectivity index (χ0n) is 9.97. The predicted octanol–water partition coefficient (Wildman–Crippen LogP) is 1.92. The minimum absolute atomic E-state index is 0.120. The van der Waals surface area contributed by atoms with Gasteiger partial charge in [0.15, 0.2) is 5.76 Å². The molecule has 0 saturated heterocycles. The van der Waals surface area contributed by atoms with Crippen LogP contribution >= 0.6 is 0 Å². The summed E-state index contributed by atoms with van der Waals surface area (Å²) in [5.74, 6) is 0.322. The van der Waals surface area contributed by atoms with E-state index in [1.165, 1.54) is 7.11 Å². The highest BCUT2D eigenvalue weighted by Crippen LogP contribution is 2.08. The summed E-state index contributed by atoms with van der Waals surface area (Å²) in [5, 5.41) is 2.81. The molecule has 0 aliphatic carbocycles. The average Bonchev–Trinajstić information content (AvgIpc) is 1.96. The van der Waals surface area contributed by atoms with Gasteiger partial charge in [0.05, 0.1) is 15.2 Å². The molecular weight excluding hydrogens is 194 g/mol. The number of ether oxygens (including phenoxy) is 1. The number of carbonyl (C=O) groups is 1. The van der Waals surface area contributed by atoms with Crippen molar-refractivity contribution in [3.8, 4) is 0 Å². The Hall–Kier alpha value is -0.773. The predicted molar refractivity (Wildman–Crippen MR) is 61.7 cm³/mol. The first kappa shape index (κ1) is 13.2. The average molecular weight is 215 g/mol. The fourth-order valence-corrected chi connectivity index (χ4v) is 1.98. The van der Waals surface area contributed by atoms with Gasteiger partial charge in [0.25, 0.3) is 5.91 Å². The molecule has 0 atom stereocenters. The topological polar surface area (TPSA) is 38.3 Å². The van der Waals surface area contributed by atoms with Gasteiger partial charge >= 0.3 is 0 Å². The van der Waals surface area contributed by atoms with E-state index in [0.29, 0.717) is 5.76 Å². The van der Waals surface area contributed by atoms with Gasteiger partial charge in [-0.1, -0.05) is 19.6 Å². The number of nitrogens with one attached hydrogen (secondary N) is 1. The molecule has 0 aromatic rings. The molecule has 0 aliphatic rings. The third kappa shape index (κ3) is 5.80. The fourth-order valence-electron chi connectivity index (χ4n) is 0.944. The summed E-state index contributed by atoms with van der Waals surface area (Å²) in [5.41, 5.74) is 1.96. The van der Waals surface area contributed by atoms with Gasteiger partial charge in [0, 0.05) is 6.04 Å². The Morgan fingerprint density at radius 2 is 1.86 bits per heavy atom. The van der Waals surface area contributed by atoms with Crippen molar-refractivity contribution in [1.29, 1.82) is 0 Å². The van der Waals surface area contributed by atoms with Crippen LogP contribution < -0.4 is 5.32 Å². The quantitative estimate of drug-likeness (QED) is 0.442. The number of carbonyl (C=O) groups excluding carboxylic acids is 1. The van der Waals surface area contributed by atoms with Gasteiger partial charge in [-0.05, 0) is 19.5 Å². The summed E-state index contributed by atoms with van der Waals surface area (Å²) < 4.78 is 5.07. The molecule has 0 heterocycles. The van der Waals surface area contributed by atoms with Gasteiger partial charge in [-0.25, -0.2) is 0 Å². The Bertz CT molecular complexity index is 229. The zero-order chi connectivity index (χ0) is 11.4. The summed E-state index contributed by atoms with van der Waals surface area (Å²) >= 11 is 0. The summed E-state index contributed by atoms with van der Waals surface area (Å²) in [6, 6.07) is 0.141. The highest BCUT2D eigenvalue weighted by atomic mass is 28.3. The number of methoxy groups -OCH3 is 1. The summed E-state index contributed by atoms with van der Waals surface area (Å²) in [6.07, 6.45) is 0. The van der Waals surface area contributed by atoms with E-state index in [0.717, 1.165) is 0 Å². The standard InChI is InChI=1S/C10H21NO2Si/c1-8(2)11-10(12)9(13-3)7-14(4,5)6/h7-8H,1-6H3,(H,11,12)/b9-7+. The van der Waals surface area contributed by atoms with Crippen LogP contribution in [0.4, 0.5) is 0 Å². The first-order chi connectivity index (χ1) is 6.26. The maximum Gasteiger partial charge on any atom is 0.285 e. The first-order valence-corrected chi connectivity index (χ1v) is 8.41. The van der Waals surface area contributed by atoms with Crippen LogP contribution in [0.1, 0.15) is 13.8 Å². The SMILES string of the molecule is CO/C(=C/[Si](C)(C)C)C(=O)NC(C)C. The zero-order valence-corrected chi connectivity index (χ0v) is 11.0. The van der Waals surface area contributed by atoms with Gasteiger partial charge in [-0.15, -0.1) is 0 Å². The molecule has 0 radical (unpaired) electrons. The molecule has 0 bridgehead atoms. The van der Waals surface area contributed by atoms with Crippen molar-refractivity contribution in [1.82, 2.24) is 5.32 Å². The molecule has 0 rings (SSSR count). The second-order valence-corrected chi connectivity index (χ2v) is 9.73. The lowest BCUT2D eigenvalue weighted by Gasteiger charge is -2.14. The third-order valence-corrected chi connectivity index (χ3v) is 2.56. The van der Waals surface area contributed by atoms with Crippen molar-refractivity contribution >= 4 is 14.0 Å². The van der Waals surface area contributed by atoms with Crippen molar-refractivity contribution in [2.75, 3.05) is 7.11 Å². The lowest BCUT2D eigenvalue weighted by Crippen LogP contribution is -2.33. The summed E-state index contributed by atoms with van der Waals surface area (Å²) in [7, 11) is 0.131. The Morgan fingerprint density at radius 1 is 1.36 bits per heavy atom. The molecular formula is C10H21NO2Si. The maximum absolute atomic E-state index is 11.6. The Balaban J connectivity index is 4.57. The van der Waals surface area contributed by atoms with Gasteiger partial charge in [-0.2, -0.15) is 0 Å². The summed E-state index contributed by atoms with van der Waals surface area (Å²) in [6.45, 7) is 10.3. The molecule has 0 unspecified atom stereocenters. The van der Waals surface area contributed by atoms with E-state index in [4.69, 9.17) is 4.74 Å². The van der Waals surface area contributed by atoms with Crippen molar-refractivity contribution < 1.29 is 9.53 Å². The Kier molecular flexibility index (Phi) is 4.91. The van der Waals surface area contributed by atoms with Gasteiger partial charge in [0.2, 0.25) is 0 Å². The molecule has 4 heteroatoms. The van der Waals surface area contributed by atoms with Crippen molar-refractivity contribution in [3.63, 3.8) is 0 Å². The van der Waals surface area contributed by atoms with E-state index < -0.39 is 8.07 Å². The molecule has 0 spiro atoms. The Morgan fingerprint density at radius 3 is 2.14 bits per heavy atom. The van der Waals surface area contributed by atoms with Crippen LogP contribution in [0.15, 0.2) is 11.5 Å². The molecule has 0 fully saturated rings. The summed E-state index contributed by atoms with van der Waals surface area (Å²) in [4.78, 5) is 11.6. The van der Waals surface area contributed by atoms with Gasteiger partial charge in [0.1, 0.15) is 0 Å². The van der Waals surface area contributed by atoms with Crippen molar-refractivity contribution in [3.05, 3.63) is 11.5 Å². The van der Waals surface area contributed by atoms with Crippen LogP contribution in [-0.2, 0) is 9.53 Å². The van der Waals surface area contributed by atoms with E-state index in [-0.39, 0.29) is 11.9 Å². The number of amides is 1. The van der Waals surface area contributed by atoms with Gasteiger partial charge in [-0.3, -0.25) is 4.79 Å². The molecule has 0 aliphatic heterocycles. The molecule has 82 valence electrons. The van der Waals surface area contributed by atoms with E-state index in [9.17, 15) is 4.79 Å². The van der Waals surface area contributed by atoms with Crippen LogP contribution in [0.3, 0.4) is 0 Å². The second-order valence-electron chi connectivity index (χ2n) is 4.71. The normalized spacial score (nSPS) is 12.9. The molecule has 0 aromatic heterocycles. The highest BCUT2D eigenvalue weighted by Gasteiger charge is 2.17. The molecule has 14 heavy (non-hydrogen) atoms. The largest absolute Gasteiger partial charge is 0.492 e. The van der Waals surface area contributed by atoms with Crippen LogP contribution in [0.5, 0.6) is 0 Å². The van der Waals surface area contributed by atoms with E-state index in [2.05, 4.69) is 25.0 Å². The monoisotopic (exact) mass is 215 g/mol. The van der Waals surface area contributed by atoms with Crippen molar-refractivity contribution in [2.24, 2.45) is 0 Å². The molecule has 0 saturated carbocycles. The van der Waals surface area contributed by atoms with E-state index in [1.54, 1.807) is 0 Å². The lowest BCUT2D eigenvalue weighted by atomic mass is 10.4. The fraction of sp³-hybridized carbons (Fsp3) is 0.700. The molecule has 1 N–H and O–H groups in total. The first-order valence-electron chi connectivity index (χ1n) is 4.84. The smallest absolute Gasteiger partial charge is 0.285 e. The Labute approximate surface area is 87.5 Å². The van der Waals surface area contributed by atoms with Crippen LogP contribution in [0.25, 0.3) is 0 Å². The maximum atomic E-state index is 11.6. The van der Waals surface area contributed by atoms with Gasteiger partial charge < -0.3 is 10.1 Å². The second kappa shape index (κ2) is 5.19. The van der Waals surface area contributed by atoms with E-state index >= 15 is 0 Å². The number of hydrogen-bond acceptors (Lipinski definition) is 2. The third-order valence-electron chi connectivity index (χ3n) is 1.43. The van der Waals surface area contributed by atoms with Crippen LogP contribution in [-0.4, -0.2) is 27.1 Å². The minimum Gasteiger partial charge on any atom is -0.492 e. The number of hydrogen-bond donors (Lipinski definition) is 1. The van der Waals surface area contributed by atoms with Crippen molar-refractivity contribution in [2.45, 2.75) is 39.5 Å². The highest BCUT2D eigenvalue weighted by molar-refractivity contribution is 6.81.